The summed E-state index contributed by atoms with van der Waals surface area (Å²) in [7, 11) is 0. The largest absolute Gasteiger partial charge is 0.0883 e. The second-order valence-electron chi connectivity index (χ2n) is 14.1. The molecule has 1 aliphatic rings. The van der Waals surface area contributed by atoms with E-state index in [9.17, 15) is 0 Å². The minimum atomic E-state index is 0.476. The van der Waals surface area contributed by atoms with Crippen molar-refractivity contribution in [3.05, 3.63) is 24.3 Å². The van der Waals surface area contributed by atoms with E-state index in [1.807, 2.05) is 0 Å². The summed E-state index contributed by atoms with van der Waals surface area (Å²) in [5.74, 6) is 3.56. The van der Waals surface area contributed by atoms with Crippen LogP contribution in [0.15, 0.2) is 24.3 Å². The lowest BCUT2D eigenvalue weighted by Gasteiger charge is -2.22. The summed E-state index contributed by atoms with van der Waals surface area (Å²) in [6.45, 7) is 23.3. The molecule has 3 unspecified atom stereocenters. The van der Waals surface area contributed by atoms with Gasteiger partial charge in [0.2, 0.25) is 0 Å². The van der Waals surface area contributed by atoms with Crippen molar-refractivity contribution in [1.82, 2.24) is 0 Å². The van der Waals surface area contributed by atoms with Crippen LogP contribution in [0.1, 0.15) is 159 Å². The van der Waals surface area contributed by atoms with Crippen LogP contribution in [-0.2, 0) is 0 Å². The fourth-order valence-corrected chi connectivity index (χ4v) is 5.27. The van der Waals surface area contributed by atoms with Crippen molar-refractivity contribution >= 4 is 0 Å². The van der Waals surface area contributed by atoms with Crippen LogP contribution in [0.3, 0.4) is 0 Å². The zero-order chi connectivity index (χ0) is 26.0. The Kier molecular flexibility index (Phi) is 18.4. The van der Waals surface area contributed by atoms with Crippen LogP contribution in [0, 0.1) is 34.5 Å². The Labute approximate surface area is 217 Å². The first-order valence-electron chi connectivity index (χ1n) is 15.2. The zero-order valence-corrected chi connectivity index (χ0v) is 25.5. The number of hydrogen-bond acceptors (Lipinski definition) is 0. The van der Waals surface area contributed by atoms with Crippen molar-refractivity contribution in [1.29, 1.82) is 0 Å². The van der Waals surface area contributed by atoms with Gasteiger partial charge in [-0.2, -0.15) is 0 Å². The second-order valence-corrected chi connectivity index (χ2v) is 14.1. The molecule has 1 fully saturated rings. The highest BCUT2D eigenvalue weighted by atomic mass is 14.2. The molecule has 0 N–H and O–H groups in total. The van der Waals surface area contributed by atoms with E-state index in [0.717, 1.165) is 23.7 Å². The van der Waals surface area contributed by atoms with E-state index in [0.29, 0.717) is 10.8 Å². The average molecular weight is 475 g/mol. The third-order valence-corrected chi connectivity index (χ3v) is 7.38. The molecule has 1 rings (SSSR count). The van der Waals surface area contributed by atoms with Crippen LogP contribution in [0.25, 0.3) is 0 Å². The minimum absolute atomic E-state index is 0.476. The highest BCUT2D eigenvalue weighted by Gasteiger charge is 2.19. The van der Waals surface area contributed by atoms with Gasteiger partial charge in [0.05, 0.1) is 0 Å². The molecular weight excluding hydrogens is 408 g/mol. The van der Waals surface area contributed by atoms with Crippen molar-refractivity contribution < 1.29 is 0 Å². The molecule has 0 bridgehead atoms. The van der Waals surface area contributed by atoms with Gasteiger partial charge in [0, 0.05) is 0 Å². The molecule has 0 aliphatic heterocycles. The van der Waals surface area contributed by atoms with Crippen LogP contribution < -0.4 is 0 Å². The van der Waals surface area contributed by atoms with E-state index in [4.69, 9.17) is 0 Å². The molecule has 0 aromatic heterocycles. The molecule has 0 aromatic rings. The topological polar surface area (TPSA) is 0 Å². The summed E-state index contributed by atoms with van der Waals surface area (Å²) in [5, 5.41) is 0. The monoisotopic (exact) mass is 475 g/mol. The molecule has 34 heavy (non-hydrogen) atoms. The Morgan fingerprint density at radius 3 is 1.88 bits per heavy atom. The lowest BCUT2D eigenvalue weighted by Crippen LogP contribution is -2.10. The van der Waals surface area contributed by atoms with Crippen LogP contribution in [0.2, 0.25) is 0 Å². The minimum Gasteiger partial charge on any atom is -0.0883 e. The smallest absolute Gasteiger partial charge is 0.0231 e. The van der Waals surface area contributed by atoms with Gasteiger partial charge >= 0.3 is 0 Å². The molecule has 0 nitrogen and oxygen atoms in total. The van der Waals surface area contributed by atoms with Crippen LogP contribution in [0.4, 0.5) is 0 Å². The average Bonchev–Trinajstić information content (AvgIpc) is 3.22. The normalized spacial score (nSPS) is 18.3. The quantitative estimate of drug-likeness (QED) is 0.219. The van der Waals surface area contributed by atoms with Crippen LogP contribution >= 0.6 is 0 Å². The Balaban J connectivity index is 0.000000661. The maximum Gasteiger partial charge on any atom is -0.0231 e. The Bertz CT molecular complexity index is 503. The standard InChI is InChI=1S/C19H36.C15H30/c1-5-6-7-11-18(14-10-15-19(2,3)4)16-17-12-8-9-13-17;1-7-13(2)10-8-9-11-14(3)12-15(4,5)6/h7,11,17-18H,5-6,8-10,12-16H2,1-4H3;8-9,13-14H,7,10-12H2,1-6H3/b11-7+;9-8+. The molecule has 0 spiro atoms. The number of allylic oxidation sites excluding steroid dienone is 4. The summed E-state index contributed by atoms with van der Waals surface area (Å²) >= 11 is 0. The third-order valence-electron chi connectivity index (χ3n) is 7.38. The highest BCUT2D eigenvalue weighted by Crippen LogP contribution is 2.33. The highest BCUT2D eigenvalue weighted by molar-refractivity contribution is 4.90. The molecular formula is C34H66. The van der Waals surface area contributed by atoms with Gasteiger partial charge < -0.3 is 0 Å². The molecule has 0 heterocycles. The van der Waals surface area contributed by atoms with Crippen molar-refractivity contribution in [3.63, 3.8) is 0 Å². The van der Waals surface area contributed by atoms with Gasteiger partial charge in [0.1, 0.15) is 0 Å². The lowest BCUT2D eigenvalue weighted by molar-refractivity contribution is 0.308. The van der Waals surface area contributed by atoms with Gasteiger partial charge in [0.25, 0.3) is 0 Å². The molecule has 0 radical (unpaired) electrons. The Hall–Kier alpha value is -0.520. The predicted molar refractivity (Wildman–Crippen MR) is 158 cm³/mol. The predicted octanol–water partition coefficient (Wildman–Crippen LogP) is 12.2. The van der Waals surface area contributed by atoms with Crippen LogP contribution in [0.5, 0.6) is 0 Å². The van der Waals surface area contributed by atoms with Gasteiger partial charge in [-0.1, -0.05) is 138 Å². The number of hydrogen-bond donors (Lipinski definition) is 0. The summed E-state index contributed by atoms with van der Waals surface area (Å²) in [4.78, 5) is 0. The summed E-state index contributed by atoms with van der Waals surface area (Å²) in [5.41, 5.74) is 0.981. The first-order chi connectivity index (χ1) is 15.9. The first-order valence-corrected chi connectivity index (χ1v) is 15.2. The molecule has 0 saturated heterocycles. The first kappa shape index (κ1) is 33.5. The van der Waals surface area contributed by atoms with Crippen molar-refractivity contribution in [3.8, 4) is 0 Å². The number of rotatable bonds is 14. The van der Waals surface area contributed by atoms with E-state index in [-0.39, 0.29) is 0 Å². The molecule has 0 aromatic carbocycles. The molecule has 1 saturated carbocycles. The Morgan fingerprint density at radius 1 is 0.794 bits per heavy atom. The van der Waals surface area contributed by atoms with Gasteiger partial charge in [-0.15, -0.1) is 0 Å². The van der Waals surface area contributed by atoms with E-state index in [2.05, 4.69) is 93.5 Å². The fraction of sp³-hybridized carbons (Fsp3) is 0.882. The van der Waals surface area contributed by atoms with Gasteiger partial charge in [-0.05, 0) is 79.4 Å². The molecule has 3 atom stereocenters. The molecule has 0 amide bonds. The van der Waals surface area contributed by atoms with Crippen LogP contribution in [-0.4, -0.2) is 0 Å². The van der Waals surface area contributed by atoms with Gasteiger partial charge in [0.15, 0.2) is 0 Å². The van der Waals surface area contributed by atoms with Crippen molar-refractivity contribution in [2.75, 3.05) is 0 Å². The molecule has 1 aliphatic carbocycles. The molecule has 0 heteroatoms. The molecule has 202 valence electrons. The zero-order valence-electron chi connectivity index (χ0n) is 25.5. The fourth-order valence-electron chi connectivity index (χ4n) is 5.27. The SMILES string of the molecule is CCC(C)C/C=C/CC(C)CC(C)(C)C.CCC/C=C/C(CCCC(C)(C)C)CC1CCCC1. The van der Waals surface area contributed by atoms with E-state index < -0.39 is 0 Å². The van der Waals surface area contributed by atoms with Gasteiger partial charge in [-0.3, -0.25) is 0 Å². The van der Waals surface area contributed by atoms with Crippen molar-refractivity contribution in [2.45, 2.75) is 159 Å². The summed E-state index contributed by atoms with van der Waals surface area (Å²) in [6, 6.07) is 0. The second kappa shape index (κ2) is 18.7. The van der Waals surface area contributed by atoms with Crippen molar-refractivity contribution in [2.24, 2.45) is 34.5 Å². The van der Waals surface area contributed by atoms with E-state index in [1.54, 1.807) is 0 Å². The van der Waals surface area contributed by atoms with E-state index >= 15 is 0 Å². The number of unbranched alkanes of at least 4 members (excludes halogenated alkanes) is 1. The third kappa shape index (κ3) is 22.0. The van der Waals surface area contributed by atoms with Gasteiger partial charge in [-0.25, -0.2) is 0 Å². The lowest BCUT2D eigenvalue weighted by atomic mass is 9.84. The van der Waals surface area contributed by atoms with E-state index in [1.165, 1.54) is 89.9 Å². The summed E-state index contributed by atoms with van der Waals surface area (Å²) < 4.78 is 0. The maximum atomic E-state index is 2.55. The Morgan fingerprint density at radius 2 is 1.38 bits per heavy atom. The summed E-state index contributed by atoms with van der Waals surface area (Å²) in [6.07, 6.45) is 29.0. The maximum absolute atomic E-state index is 2.55.